The van der Waals surface area contributed by atoms with Gasteiger partial charge in [0.2, 0.25) is 0 Å². The Kier molecular flexibility index (Phi) is 4.05. The van der Waals surface area contributed by atoms with Crippen molar-refractivity contribution < 1.29 is 8.78 Å². The lowest BCUT2D eigenvalue weighted by Crippen LogP contribution is -2.06. The van der Waals surface area contributed by atoms with E-state index in [1.807, 2.05) is 19.1 Å². The number of hydrogen-bond donors (Lipinski definition) is 0. The van der Waals surface area contributed by atoms with Gasteiger partial charge in [-0.25, -0.2) is 8.78 Å². The van der Waals surface area contributed by atoms with Crippen LogP contribution < -0.4 is 0 Å². The molecule has 0 unspecified atom stereocenters. The standard InChI is InChI=1S/C19H20F2/c1-13-7-9-15(10-8-13)19-17(20)11-16(12-18(19)21)14-5-3-2-4-6-14/h7-12,14H,2-6H2,1H3. The van der Waals surface area contributed by atoms with E-state index in [4.69, 9.17) is 0 Å². The molecule has 3 rings (SSSR count). The summed E-state index contributed by atoms with van der Waals surface area (Å²) in [6.07, 6.45) is 5.65. The van der Waals surface area contributed by atoms with Crippen molar-refractivity contribution in [3.05, 3.63) is 59.2 Å². The molecule has 1 aliphatic carbocycles. The highest BCUT2D eigenvalue weighted by atomic mass is 19.1. The zero-order valence-corrected chi connectivity index (χ0v) is 12.3. The topological polar surface area (TPSA) is 0 Å². The van der Waals surface area contributed by atoms with Crippen molar-refractivity contribution in [1.82, 2.24) is 0 Å². The maximum atomic E-state index is 14.4. The zero-order chi connectivity index (χ0) is 14.8. The Morgan fingerprint density at radius 2 is 1.43 bits per heavy atom. The molecule has 0 aliphatic heterocycles. The van der Waals surface area contributed by atoms with E-state index in [1.165, 1.54) is 18.6 Å². The molecule has 110 valence electrons. The van der Waals surface area contributed by atoms with Crippen LogP contribution in [-0.4, -0.2) is 0 Å². The first-order valence-electron chi connectivity index (χ1n) is 7.71. The third-order valence-corrected chi connectivity index (χ3v) is 4.48. The van der Waals surface area contributed by atoms with Crippen LogP contribution in [0.1, 0.15) is 49.1 Å². The number of halogens is 2. The van der Waals surface area contributed by atoms with Gasteiger partial charge in [-0.1, -0.05) is 49.1 Å². The first-order chi connectivity index (χ1) is 10.1. The summed E-state index contributed by atoms with van der Waals surface area (Å²) >= 11 is 0. The van der Waals surface area contributed by atoms with E-state index < -0.39 is 11.6 Å². The van der Waals surface area contributed by atoms with Crippen molar-refractivity contribution >= 4 is 0 Å². The summed E-state index contributed by atoms with van der Waals surface area (Å²) in [5.41, 5.74) is 2.60. The van der Waals surface area contributed by atoms with Crippen LogP contribution in [0.25, 0.3) is 11.1 Å². The van der Waals surface area contributed by atoms with E-state index in [2.05, 4.69) is 0 Å². The predicted octanol–water partition coefficient (Wildman–Crippen LogP) is 5.99. The Hall–Kier alpha value is -1.70. The Bertz CT molecular complexity index is 600. The highest BCUT2D eigenvalue weighted by molar-refractivity contribution is 5.65. The first kappa shape index (κ1) is 14.2. The second-order valence-electron chi connectivity index (χ2n) is 6.06. The van der Waals surface area contributed by atoms with E-state index in [-0.39, 0.29) is 5.56 Å². The molecule has 21 heavy (non-hydrogen) atoms. The van der Waals surface area contributed by atoms with Crippen LogP contribution >= 0.6 is 0 Å². The van der Waals surface area contributed by atoms with Gasteiger partial charge in [0.1, 0.15) is 11.6 Å². The molecule has 0 nitrogen and oxygen atoms in total. The van der Waals surface area contributed by atoms with Crippen molar-refractivity contribution in [3.8, 4) is 11.1 Å². The summed E-state index contributed by atoms with van der Waals surface area (Å²) in [6, 6.07) is 10.4. The van der Waals surface area contributed by atoms with Crippen LogP contribution in [0.3, 0.4) is 0 Å². The number of benzene rings is 2. The molecule has 0 heterocycles. The Morgan fingerprint density at radius 3 is 2.00 bits per heavy atom. The highest BCUT2D eigenvalue weighted by Gasteiger charge is 2.20. The molecular weight excluding hydrogens is 266 g/mol. The lowest BCUT2D eigenvalue weighted by molar-refractivity contribution is 0.440. The van der Waals surface area contributed by atoms with Gasteiger partial charge in [-0.15, -0.1) is 0 Å². The van der Waals surface area contributed by atoms with Crippen LogP contribution in [0, 0.1) is 18.6 Å². The second-order valence-corrected chi connectivity index (χ2v) is 6.06. The fraction of sp³-hybridized carbons (Fsp3) is 0.368. The highest BCUT2D eigenvalue weighted by Crippen LogP contribution is 2.36. The van der Waals surface area contributed by atoms with E-state index in [0.29, 0.717) is 11.5 Å². The Morgan fingerprint density at radius 1 is 0.857 bits per heavy atom. The Labute approximate surface area is 124 Å². The molecule has 0 N–H and O–H groups in total. The third kappa shape index (κ3) is 2.99. The lowest BCUT2D eigenvalue weighted by Gasteiger charge is -2.22. The van der Waals surface area contributed by atoms with Crippen molar-refractivity contribution in [1.29, 1.82) is 0 Å². The minimum Gasteiger partial charge on any atom is -0.206 e. The monoisotopic (exact) mass is 286 g/mol. The van der Waals surface area contributed by atoms with E-state index >= 15 is 0 Å². The molecule has 0 atom stereocenters. The molecule has 2 aromatic carbocycles. The molecule has 0 radical (unpaired) electrons. The van der Waals surface area contributed by atoms with Gasteiger partial charge < -0.3 is 0 Å². The lowest BCUT2D eigenvalue weighted by atomic mass is 9.83. The van der Waals surface area contributed by atoms with E-state index in [0.717, 1.165) is 36.8 Å². The third-order valence-electron chi connectivity index (χ3n) is 4.48. The number of hydrogen-bond acceptors (Lipinski definition) is 0. The largest absolute Gasteiger partial charge is 0.206 e. The zero-order valence-electron chi connectivity index (χ0n) is 12.3. The molecule has 0 spiro atoms. The SMILES string of the molecule is Cc1ccc(-c2c(F)cc(C3CCCCC3)cc2F)cc1. The summed E-state index contributed by atoms with van der Waals surface area (Å²) in [5, 5.41) is 0. The van der Waals surface area contributed by atoms with Crippen molar-refractivity contribution in [2.75, 3.05) is 0 Å². The normalized spacial score (nSPS) is 16.1. The molecular formula is C19H20F2. The van der Waals surface area contributed by atoms with Gasteiger partial charge in [0.05, 0.1) is 5.56 Å². The summed E-state index contributed by atoms with van der Waals surface area (Å²) in [7, 11) is 0. The number of rotatable bonds is 2. The second kappa shape index (κ2) is 5.97. The summed E-state index contributed by atoms with van der Waals surface area (Å²) in [4.78, 5) is 0. The summed E-state index contributed by atoms with van der Waals surface area (Å²) in [5.74, 6) is -0.575. The van der Waals surface area contributed by atoms with E-state index in [1.54, 1.807) is 12.1 Å². The average Bonchev–Trinajstić information content (AvgIpc) is 2.49. The van der Waals surface area contributed by atoms with Gasteiger partial charge in [-0.2, -0.15) is 0 Å². The molecule has 1 fully saturated rings. The number of aryl methyl sites for hydroxylation is 1. The maximum absolute atomic E-state index is 14.4. The first-order valence-corrected chi connectivity index (χ1v) is 7.71. The average molecular weight is 286 g/mol. The van der Waals surface area contributed by atoms with Gasteiger partial charge in [0.15, 0.2) is 0 Å². The predicted molar refractivity (Wildman–Crippen MR) is 82.4 cm³/mol. The molecule has 0 aromatic heterocycles. The summed E-state index contributed by atoms with van der Waals surface area (Å²) in [6.45, 7) is 1.96. The summed E-state index contributed by atoms with van der Waals surface area (Å²) < 4.78 is 28.8. The molecule has 0 bridgehead atoms. The Balaban J connectivity index is 1.97. The van der Waals surface area contributed by atoms with Crippen LogP contribution in [0.2, 0.25) is 0 Å². The van der Waals surface area contributed by atoms with Crippen LogP contribution in [-0.2, 0) is 0 Å². The fourth-order valence-corrected chi connectivity index (χ4v) is 3.26. The van der Waals surface area contributed by atoms with Gasteiger partial charge >= 0.3 is 0 Å². The molecule has 1 saturated carbocycles. The van der Waals surface area contributed by atoms with Gasteiger partial charge in [0.25, 0.3) is 0 Å². The molecule has 2 heteroatoms. The maximum Gasteiger partial charge on any atom is 0.134 e. The van der Waals surface area contributed by atoms with Crippen LogP contribution in [0.5, 0.6) is 0 Å². The quantitative estimate of drug-likeness (QED) is 0.636. The minimum atomic E-state index is -0.445. The van der Waals surface area contributed by atoms with E-state index in [9.17, 15) is 8.78 Å². The van der Waals surface area contributed by atoms with Crippen LogP contribution in [0.15, 0.2) is 36.4 Å². The fourth-order valence-electron chi connectivity index (χ4n) is 3.26. The molecule has 0 amide bonds. The van der Waals surface area contributed by atoms with Crippen molar-refractivity contribution in [2.45, 2.75) is 44.9 Å². The van der Waals surface area contributed by atoms with Gasteiger partial charge in [0, 0.05) is 0 Å². The van der Waals surface area contributed by atoms with Crippen molar-refractivity contribution in [2.24, 2.45) is 0 Å². The van der Waals surface area contributed by atoms with Gasteiger partial charge in [-0.05, 0) is 48.9 Å². The minimum absolute atomic E-state index is 0.0922. The molecule has 2 aromatic rings. The van der Waals surface area contributed by atoms with Crippen LogP contribution in [0.4, 0.5) is 8.78 Å². The molecule has 1 aliphatic rings. The van der Waals surface area contributed by atoms with Gasteiger partial charge in [-0.3, -0.25) is 0 Å². The van der Waals surface area contributed by atoms with Crippen molar-refractivity contribution in [3.63, 3.8) is 0 Å². The molecule has 0 saturated heterocycles. The smallest absolute Gasteiger partial charge is 0.134 e.